The van der Waals surface area contributed by atoms with Gasteiger partial charge in [0.15, 0.2) is 11.5 Å². The summed E-state index contributed by atoms with van der Waals surface area (Å²) < 4.78 is 11.2. The molecule has 1 aromatic carbocycles. The van der Waals surface area contributed by atoms with Crippen LogP contribution in [0.2, 0.25) is 0 Å². The van der Waals surface area contributed by atoms with E-state index in [1.807, 2.05) is 13.8 Å². The number of carboxylic acid groups (broad SMARTS) is 1. The number of benzene rings is 1. The molecule has 1 rings (SSSR count). The minimum absolute atomic E-state index is 0.445. The van der Waals surface area contributed by atoms with Gasteiger partial charge in [-0.3, -0.25) is 0 Å². The number of rotatable bonds is 8. The van der Waals surface area contributed by atoms with Crippen molar-refractivity contribution in [2.75, 3.05) is 13.2 Å². The molecule has 4 heteroatoms. The summed E-state index contributed by atoms with van der Waals surface area (Å²) in [6.07, 6.45) is 3.47. The molecule has 0 amide bonds. The molecular weight excluding hydrogens is 256 g/mol. The number of hydrogen-bond donors (Lipinski definition) is 1. The molecule has 0 saturated heterocycles. The summed E-state index contributed by atoms with van der Waals surface area (Å²) in [5.74, 6) is 0.250. The van der Waals surface area contributed by atoms with Gasteiger partial charge in [0.05, 0.1) is 6.61 Å². The van der Waals surface area contributed by atoms with E-state index in [1.165, 1.54) is 6.08 Å². The molecule has 108 valence electrons. The van der Waals surface area contributed by atoms with E-state index >= 15 is 0 Å². The van der Waals surface area contributed by atoms with Crippen molar-refractivity contribution in [2.24, 2.45) is 0 Å². The van der Waals surface area contributed by atoms with Gasteiger partial charge in [-0.15, -0.1) is 0 Å². The van der Waals surface area contributed by atoms with Gasteiger partial charge >= 0.3 is 5.97 Å². The molecule has 0 heterocycles. The Morgan fingerprint density at radius 3 is 2.65 bits per heavy atom. The molecule has 0 bridgehead atoms. The smallest absolute Gasteiger partial charge is 0.328 e. The minimum atomic E-state index is -0.984. The molecule has 0 aliphatic rings. The third-order valence-electron chi connectivity index (χ3n) is 2.62. The molecule has 0 fully saturated rings. The number of hydrogen-bond acceptors (Lipinski definition) is 3. The fourth-order valence-corrected chi connectivity index (χ4v) is 1.47. The lowest BCUT2D eigenvalue weighted by molar-refractivity contribution is -0.131. The highest BCUT2D eigenvalue weighted by Crippen LogP contribution is 2.29. The molecular formula is C16H20O4. The molecule has 0 radical (unpaired) electrons. The summed E-state index contributed by atoms with van der Waals surface area (Å²) in [4.78, 5) is 10.5. The van der Waals surface area contributed by atoms with Gasteiger partial charge in [0.2, 0.25) is 0 Å². The lowest BCUT2D eigenvalue weighted by Crippen LogP contribution is -2.02. The van der Waals surface area contributed by atoms with Crippen LogP contribution < -0.4 is 9.47 Å². The summed E-state index contributed by atoms with van der Waals surface area (Å²) in [5, 5.41) is 8.62. The molecule has 0 atom stereocenters. The van der Waals surface area contributed by atoms with Crippen LogP contribution in [0.1, 0.15) is 25.8 Å². The predicted molar refractivity (Wildman–Crippen MR) is 79.2 cm³/mol. The maximum absolute atomic E-state index is 10.5. The summed E-state index contributed by atoms with van der Waals surface area (Å²) in [6, 6.07) is 5.31. The predicted octanol–water partition coefficient (Wildman–Crippen LogP) is 3.53. The second kappa shape index (κ2) is 8.04. The van der Waals surface area contributed by atoms with Crippen molar-refractivity contribution in [1.82, 2.24) is 0 Å². The Bertz CT molecular complexity index is 503. The Balaban J connectivity index is 2.89. The third kappa shape index (κ3) is 5.18. The first-order valence-corrected chi connectivity index (χ1v) is 6.54. The number of ether oxygens (including phenoxy) is 2. The van der Waals surface area contributed by atoms with Crippen molar-refractivity contribution in [3.05, 3.63) is 42.0 Å². The van der Waals surface area contributed by atoms with Crippen LogP contribution in [0.15, 0.2) is 36.4 Å². The molecule has 0 aliphatic carbocycles. The SMILES string of the molecule is C=C(CC)COc1ccc(C=CC(=O)O)cc1OCC. The standard InChI is InChI=1S/C16H20O4/c1-4-12(3)11-20-14-8-6-13(7-9-16(17)18)10-15(14)19-5-2/h6-10H,3-5,11H2,1-2H3,(H,17,18). The van der Waals surface area contributed by atoms with E-state index in [-0.39, 0.29) is 0 Å². The van der Waals surface area contributed by atoms with Gasteiger partial charge in [-0.05, 0) is 42.7 Å². The highest BCUT2D eigenvalue weighted by atomic mass is 16.5. The average Bonchev–Trinajstić information content (AvgIpc) is 2.44. The molecule has 0 saturated carbocycles. The zero-order valence-electron chi connectivity index (χ0n) is 11.9. The Kier molecular flexibility index (Phi) is 6.37. The van der Waals surface area contributed by atoms with E-state index in [1.54, 1.807) is 18.2 Å². The van der Waals surface area contributed by atoms with Crippen molar-refractivity contribution in [3.63, 3.8) is 0 Å². The fraction of sp³-hybridized carbons (Fsp3) is 0.312. The van der Waals surface area contributed by atoms with E-state index in [9.17, 15) is 4.79 Å². The van der Waals surface area contributed by atoms with Gasteiger partial charge in [-0.25, -0.2) is 4.79 Å². The number of carbonyl (C=O) groups is 1. The van der Waals surface area contributed by atoms with Gasteiger partial charge < -0.3 is 14.6 Å². The quantitative estimate of drug-likeness (QED) is 0.583. The van der Waals surface area contributed by atoms with Gasteiger partial charge in [0.1, 0.15) is 6.61 Å². The molecule has 0 unspecified atom stereocenters. The summed E-state index contributed by atoms with van der Waals surface area (Å²) in [6.45, 7) is 8.75. The van der Waals surface area contributed by atoms with E-state index in [0.717, 1.165) is 23.6 Å². The average molecular weight is 276 g/mol. The second-order valence-electron chi connectivity index (χ2n) is 4.20. The molecule has 0 spiro atoms. The lowest BCUT2D eigenvalue weighted by atomic mass is 10.2. The highest BCUT2D eigenvalue weighted by Gasteiger charge is 2.06. The van der Waals surface area contributed by atoms with Crippen molar-refractivity contribution < 1.29 is 19.4 Å². The highest BCUT2D eigenvalue weighted by molar-refractivity contribution is 5.85. The Morgan fingerprint density at radius 2 is 2.05 bits per heavy atom. The van der Waals surface area contributed by atoms with Crippen molar-refractivity contribution in [2.45, 2.75) is 20.3 Å². The van der Waals surface area contributed by atoms with E-state index in [4.69, 9.17) is 14.6 Å². The van der Waals surface area contributed by atoms with Crippen molar-refractivity contribution in [3.8, 4) is 11.5 Å². The molecule has 4 nitrogen and oxygen atoms in total. The van der Waals surface area contributed by atoms with Crippen LogP contribution in [0.25, 0.3) is 6.08 Å². The number of aliphatic carboxylic acids is 1. The largest absolute Gasteiger partial charge is 0.490 e. The van der Waals surface area contributed by atoms with Crippen LogP contribution in [0.5, 0.6) is 11.5 Å². The van der Waals surface area contributed by atoms with E-state index in [2.05, 4.69) is 6.58 Å². The molecule has 20 heavy (non-hydrogen) atoms. The summed E-state index contributed by atoms with van der Waals surface area (Å²) in [5.41, 5.74) is 1.75. The monoisotopic (exact) mass is 276 g/mol. The van der Waals surface area contributed by atoms with Crippen molar-refractivity contribution in [1.29, 1.82) is 0 Å². The van der Waals surface area contributed by atoms with Crippen LogP contribution in [0.4, 0.5) is 0 Å². The van der Waals surface area contributed by atoms with Crippen LogP contribution in [0.3, 0.4) is 0 Å². The minimum Gasteiger partial charge on any atom is -0.490 e. The zero-order chi connectivity index (χ0) is 15.0. The summed E-state index contributed by atoms with van der Waals surface area (Å²) in [7, 11) is 0. The zero-order valence-corrected chi connectivity index (χ0v) is 11.9. The molecule has 0 aliphatic heterocycles. The topological polar surface area (TPSA) is 55.8 Å². The fourth-order valence-electron chi connectivity index (χ4n) is 1.47. The lowest BCUT2D eigenvalue weighted by Gasteiger charge is -2.13. The van der Waals surface area contributed by atoms with Gasteiger partial charge in [0, 0.05) is 6.08 Å². The maximum Gasteiger partial charge on any atom is 0.328 e. The summed E-state index contributed by atoms with van der Waals surface area (Å²) >= 11 is 0. The molecule has 1 aromatic rings. The van der Waals surface area contributed by atoms with Crippen LogP contribution >= 0.6 is 0 Å². The second-order valence-corrected chi connectivity index (χ2v) is 4.20. The molecule has 0 aromatic heterocycles. The van der Waals surface area contributed by atoms with Crippen LogP contribution in [-0.2, 0) is 4.79 Å². The first-order valence-electron chi connectivity index (χ1n) is 6.54. The first kappa shape index (κ1) is 15.8. The van der Waals surface area contributed by atoms with E-state index in [0.29, 0.717) is 24.7 Å². The number of carboxylic acids is 1. The Hall–Kier alpha value is -2.23. The first-order chi connectivity index (χ1) is 9.56. The third-order valence-corrected chi connectivity index (χ3v) is 2.62. The van der Waals surface area contributed by atoms with Gasteiger partial charge in [-0.1, -0.05) is 19.6 Å². The van der Waals surface area contributed by atoms with Gasteiger partial charge in [0.25, 0.3) is 0 Å². The molecule has 1 N–H and O–H groups in total. The van der Waals surface area contributed by atoms with E-state index < -0.39 is 5.97 Å². The Morgan fingerprint density at radius 1 is 1.30 bits per heavy atom. The van der Waals surface area contributed by atoms with Crippen LogP contribution in [0, 0.1) is 0 Å². The van der Waals surface area contributed by atoms with Gasteiger partial charge in [-0.2, -0.15) is 0 Å². The Labute approximate surface area is 119 Å². The van der Waals surface area contributed by atoms with Crippen LogP contribution in [-0.4, -0.2) is 24.3 Å². The normalized spacial score (nSPS) is 10.5. The maximum atomic E-state index is 10.5. The van der Waals surface area contributed by atoms with Crippen molar-refractivity contribution >= 4 is 12.0 Å².